The van der Waals surface area contributed by atoms with Crippen LogP contribution in [-0.2, 0) is 9.53 Å². The highest BCUT2D eigenvalue weighted by atomic mass is 16.6. The van der Waals surface area contributed by atoms with E-state index < -0.39 is 5.60 Å². The second-order valence-electron chi connectivity index (χ2n) is 7.33. The Morgan fingerprint density at radius 1 is 1.25 bits per heavy atom. The Bertz CT molecular complexity index is 546. The van der Waals surface area contributed by atoms with Crippen molar-refractivity contribution >= 4 is 17.7 Å². The highest BCUT2D eigenvalue weighted by Crippen LogP contribution is 2.29. The number of hydrogen-bond donors (Lipinski definition) is 2. The average Bonchev–Trinajstić information content (AvgIpc) is 2.53. The third-order valence-electron chi connectivity index (χ3n) is 4.08. The Kier molecular flexibility index (Phi) is 6.17. The van der Waals surface area contributed by atoms with Crippen LogP contribution in [0, 0.1) is 11.8 Å². The average molecular weight is 333 g/mol. The van der Waals surface area contributed by atoms with Gasteiger partial charge in [-0.05, 0) is 64.5 Å². The van der Waals surface area contributed by atoms with Crippen molar-refractivity contribution in [1.29, 1.82) is 0 Å². The van der Waals surface area contributed by atoms with Crippen LogP contribution >= 0.6 is 0 Å². The molecule has 1 aromatic rings. The first-order chi connectivity index (χ1) is 11.3. The SMILES string of the molecule is CC(C)(C)OC(=O)NCC1CCC(C(=O)Nc2cccnc2)CC1. The lowest BCUT2D eigenvalue weighted by Gasteiger charge is -2.28. The van der Waals surface area contributed by atoms with Gasteiger partial charge in [0.25, 0.3) is 0 Å². The number of carbonyl (C=O) groups excluding carboxylic acids is 2. The van der Waals surface area contributed by atoms with Gasteiger partial charge in [0.1, 0.15) is 5.60 Å². The molecule has 0 saturated heterocycles. The lowest BCUT2D eigenvalue weighted by molar-refractivity contribution is -0.121. The summed E-state index contributed by atoms with van der Waals surface area (Å²) in [6.45, 7) is 6.14. The monoisotopic (exact) mass is 333 g/mol. The van der Waals surface area contributed by atoms with E-state index in [1.807, 2.05) is 26.8 Å². The van der Waals surface area contributed by atoms with Crippen LogP contribution in [0.5, 0.6) is 0 Å². The molecule has 0 bridgehead atoms. The quantitative estimate of drug-likeness (QED) is 0.885. The molecule has 1 saturated carbocycles. The molecule has 0 aliphatic heterocycles. The maximum atomic E-state index is 12.3. The minimum absolute atomic E-state index is 0.0305. The maximum Gasteiger partial charge on any atom is 0.407 e. The van der Waals surface area contributed by atoms with Gasteiger partial charge in [-0.1, -0.05) is 0 Å². The first-order valence-corrected chi connectivity index (χ1v) is 8.51. The van der Waals surface area contributed by atoms with E-state index in [-0.39, 0.29) is 17.9 Å². The lowest BCUT2D eigenvalue weighted by Crippen LogP contribution is -2.37. The standard InChI is InChI=1S/C18H27N3O3/c1-18(2,3)24-17(23)20-11-13-6-8-14(9-7-13)16(22)21-15-5-4-10-19-12-15/h4-5,10,12-14H,6-9,11H2,1-3H3,(H,20,23)(H,21,22). The van der Waals surface area contributed by atoms with Crippen molar-refractivity contribution in [2.45, 2.75) is 52.1 Å². The summed E-state index contributed by atoms with van der Waals surface area (Å²) in [5.41, 5.74) is 0.253. The van der Waals surface area contributed by atoms with Crippen LogP contribution in [0.25, 0.3) is 0 Å². The number of alkyl carbamates (subject to hydrolysis) is 1. The normalized spacial score (nSPS) is 21.0. The number of rotatable bonds is 4. The van der Waals surface area contributed by atoms with Gasteiger partial charge in [-0.3, -0.25) is 9.78 Å². The third-order valence-corrected chi connectivity index (χ3v) is 4.08. The van der Waals surface area contributed by atoms with E-state index in [9.17, 15) is 9.59 Å². The van der Waals surface area contributed by atoms with Crippen molar-refractivity contribution in [3.05, 3.63) is 24.5 Å². The second kappa shape index (κ2) is 8.13. The molecule has 6 heteroatoms. The van der Waals surface area contributed by atoms with E-state index in [4.69, 9.17) is 4.74 Å². The van der Waals surface area contributed by atoms with Crippen LogP contribution in [0.4, 0.5) is 10.5 Å². The molecule has 132 valence electrons. The predicted molar refractivity (Wildman–Crippen MR) is 92.6 cm³/mol. The molecule has 2 N–H and O–H groups in total. The smallest absolute Gasteiger partial charge is 0.407 e. The molecular formula is C18H27N3O3. The van der Waals surface area contributed by atoms with Gasteiger partial charge in [0, 0.05) is 18.7 Å². The molecule has 1 aliphatic carbocycles. The van der Waals surface area contributed by atoms with E-state index in [2.05, 4.69) is 15.6 Å². The summed E-state index contributed by atoms with van der Waals surface area (Å²) in [5, 5.41) is 5.73. The highest BCUT2D eigenvalue weighted by molar-refractivity contribution is 5.92. The van der Waals surface area contributed by atoms with Gasteiger partial charge in [-0.25, -0.2) is 4.79 Å². The van der Waals surface area contributed by atoms with Crippen LogP contribution in [-0.4, -0.2) is 29.1 Å². The molecule has 1 aliphatic rings. The molecule has 2 rings (SSSR count). The minimum atomic E-state index is -0.480. The summed E-state index contributed by atoms with van der Waals surface area (Å²) in [6.07, 6.45) is 6.49. The number of hydrogen-bond acceptors (Lipinski definition) is 4. The fourth-order valence-corrected chi connectivity index (χ4v) is 2.85. The lowest BCUT2D eigenvalue weighted by atomic mass is 9.81. The van der Waals surface area contributed by atoms with Crippen LogP contribution in [0.1, 0.15) is 46.5 Å². The van der Waals surface area contributed by atoms with Crippen molar-refractivity contribution in [2.24, 2.45) is 11.8 Å². The fraction of sp³-hybridized carbons (Fsp3) is 0.611. The zero-order chi connectivity index (χ0) is 17.6. The molecule has 24 heavy (non-hydrogen) atoms. The fourth-order valence-electron chi connectivity index (χ4n) is 2.85. The Morgan fingerprint density at radius 3 is 2.54 bits per heavy atom. The van der Waals surface area contributed by atoms with Crippen molar-refractivity contribution in [3.63, 3.8) is 0 Å². The Hall–Kier alpha value is -2.11. The van der Waals surface area contributed by atoms with Crippen LogP contribution in [0.2, 0.25) is 0 Å². The predicted octanol–water partition coefficient (Wildman–Crippen LogP) is 3.35. The Balaban J connectivity index is 1.69. The number of anilines is 1. The second-order valence-corrected chi connectivity index (χ2v) is 7.33. The number of nitrogens with one attached hydrogen (secondary N) is 2. The summed E-state index contributed by atoms with van der Waals surface area (Å²) < 4.78 is 5.23. The molecule has 0 atom stereocenters. The van der Waals surface area contributed by atoms with E-state index in [0.29, 0.717) is 12.5 Å². The van der Waals surface area contributed by atoms with Crippen LogP contribution in [0.3, 0.4) is 0 Å². The van der Waals surface area contributed by atoms with E-state index in [1.54, 1.807) is 18.5 Å². The molecule has 2 amide bonds. The van der Waals surface area contributed by atoms with Gasteiger partial charge < -0.3 is 15.4 Å². The van der Waals surface area contributed by atoms with E-state index >= 15 is 0 Å². The largest absolute Gasteiger partial charge is 0.444 e. The number of amides is 2. The topological polar surface area (TPSA) is 80.3 Å². The molecule has 0 unspecified atom stereocenters. The zero-order valence-electron chi connectivity index (χ0n) is 14.7. The maximum absolute atomic E-state index is 12.3. The van der Waals surface area contributed by atoms with Crippen LogP contribution in [0.15, 0.2) is 24.5 Å². The summed E-state index contributed by atoms with van der Waals surface area (Å²) in [7, 11) is 0. The van der Waals surface area contributed by atoms with Gasteiger partial charge in [0.2, 0.25) is 5.91 Å². The van der Waals surface area contributed by atoms with Gasteiger partial charge in [0.15, 0.2) is 0 Å². The summed E-state index contributed by atoms with van der Waals surface area (Å²) in [6, 6.07) is 3.64. The first kappa shape index (κ1) is 18.2. The first-order valence-electron chi connectivity index (χ1n) is 8.51. The zero-order valence-corrected chi connectivity index (χ0v) is 14.7. The van der Waals surface area contributed by atoms with Crippen molar-refractivity contribution < 1.29 is 14.3 Å². The molecule has 1 aromatic heterocycles. The summed E-state index contributed by atoms with van der Waals surface area (Å²) in [5.74, 6) is 0.490. The molecule has 6 nitrogen and oxygen atoms in total. The van der Waals surface area contributed by atoms with E-state index in [0.717, 1.165) is 31.4 Å². The van der Waals surface area contributed by atoms with E-state index in [1.165, 1.54) is 0 Å². The van der Waals surface area contributed by atoms with Gasteiger partial charge in [0.05, 0.1) is 11.9 Å². The van der Waals surface area contributed by atoms with Crippen molar-refractivity contribution in [1.82, 2.24) is 10.3 Å². The number of ether oxygens (including phenoxy) is 1. The Labute approximate surface area is 143 Å². The number of carbonyl (C=O) groups is 2. The van der Waals surface area contributed by atoms with Crippen molar-refractivity contribution in [2.75, 3.05) is 11.9 Å². The summed E-state index contributed by atoms with van der Waals surface area (Å²) >= 11 is 0. The van der Waals surface area contributed by atoms with Gasteiger partial charge in [-0.2, -0.15) is 0 Å². The van der Waals surface area contributed by atoms with Crippen LogP contribution < -0.4 is 10.6 Å². The Morgan fingerprint density at radius 2 is 1.96 bits per heavy atom. The molecule has 0 aromatic carbocycles. The third kappa shape index (κ3) is 6.18. The number of aromatic nitrogens is 1. The number of pyridine rings is 1. The highest BCUT2D eigenvalue weighted by Gasteiger charge is 2.27. The minimum Gasteiger partial charge on any atom is -0.444 e. The number of nitrogens with zero attached hydrogens (tertiary/aromatic N) is 1. The summed E-state index contributed by atoms with van der Waals surface area (Å²) in [4.78, 5) is 27.9. The van der Waals surface area contributed by atoms with Gasteiger partial charge >= 0.3 is 6.09 Å². The molecule has 0 spiro atoms. The molecule has 1 heterocycles. The molecular weight excluding hydrogens is 306 g/mol. The van der Waals surface area contributed by atoms with Gasteiger partial charge in [-0.15, -0.1) is 0 Å². The van der Waals surface area contributed by atoms with Crippen molar-refractivity contribution in [3.8, 4) is 0 Å². The molecule has 0 radical (unpaired) electrons. The molecule has 1 fully saturated rings.